The van der Waals surface area contributed by atoms with Crippen LogP contribution in [0.1, 0.15) is 44.4 Å². The molecule has 2 unspecified atom stereocenters. The van der Waals surface area contributed by atoms with E-state index in [4.69, 9.17) is 0 Å². The first kappa shape index (κ1) is 12.6. The number of aryl methyl sites for hydroxylation is 1. The van der Waals surface area contributed by atoms with E-state index in [2.05, 4.69) is 31.2 Å². The zero-order valence-corrected chi connectivity index (χ0v) is 11.5. The molecule has 2 atom stereocenters. The molecule has 0 amide bonds. The number of nitrogens with zero attached hydrogens (tertiary/aromatic N) is 2. The van der Waals surface area contributed by atoms with Crippen LogP contribution in [0.2, 0.25) is 0 Å². The van der Waals surface area contributed by atoms with Crippen LogP contribution in [0.4, 0.5) is 0 Å². The Morgan fingerprint density at radius 1 is 1.35 bits per heavy atom. The van der Waals surface area contributed by atoms with Crippen molar-refractivity contribution in [2.75, 3.05) is 0 Å². The maximum Gasteiger partial charge on any atom is 0.0537 e. The Morgan fingerprint density at radius 2 is 2.00 bits per heavy atom. The zero-order chi connectivity index (χ0) is 12.4. The van der Waals surface area contributed by atoms with Crippen LogP contribution >= 0.6 is 0 Å². The Bertz CT molecular complexity index is 360. The van der Waals surface area contributed by atoms with Gasteiger partial charge in [0.05, 0.1) is 6.20 Å². The first-order valence-electron chi connectivity index (χ1n) is 6.80. The van der Waals surface area contributed by atoms with Gasteiger partial charge >= 0.3 is 0 Å². The van der Waals surface area contributed by atoms with Crippen LogP contribution in [0.3, 0.4) is 0 Å². The fraction of sp³-hybridized carbons (Fsp3) is 0.786. The van der Waals surface area contributed by atoms with Crippen LogP contribution in [-0.4, -0.2) is 15.8 Å². The maximum atomic E-state index is 4.29. The third kappa shape index (κ3) is 2.71. The van der Waals surface area contributed by atoms with Gasteiger partial charge in [-0.25, -0.2) is 0 Å². The van der Waals surface area contributed by atoms with Crippen molar-refractivity contribution in [1.29, 1.82) is 0 Å². The molecule has 0 aromatic carbocycles. The summed E-state index contributed by atoms with van der Waals surface area (Å²) in [5.41, 5.74) is 2.60. The molecule has 2 rings (SSSR count). The Morgan fingerprint density at radius 3 is 2.53 bits per heavy atom. The topological polar surface area (TPSA) is 29.9 Å². The fourth-order valence-corrected chi connectivity index (χ4v) is 3.03. The van der Waals surface area contributed by atoms with Crippen LogP contribution < -0.4 is 5.32 Å². The van der Waals surface area contributed by atoms with Crippen molar-refractivity contribution in [2.24, 2.45) is 18.9 Å². The lowest BCUT2D eigenvalue weighted by atomic mass is 9.78. The SMILES string of the molecule is Cc1c(CNC2C(C)CCCC2C)cnn1C. The van der Waals surface area contributed by atoms with Crippen molar-refractivity contribution in [3.05, 3.63) is 17.5 Å². The third-order valence-electron chi connectivity index (χ3n) is 4.41. The van der Waals surface area contributed by atoms with Gasteiger partial charge in [-0.2, -0.15) is 5.10 Å². The molecule has 0 spiro atoms. The number of hydrogen-bond acceptors (Lipinski definition) is 2. The molecule has 1 fully saturated rings. The lowest BCUT2D eigenvalue weighted by Gasteiger charge is -2.35. The lowest BCUT2D eigenvalue weighted by molar-refractivity contribution is 0.207. The molecular formula is C14H25N3. The smallest absolute Gasteiger partial charge is 0.0537 e. The quantitative estimate of drug-likeness (QED) is 0.873. The molecule has 0 saturated heterocycles. The van der Waals surface area contributed by atoms with Gasteiger partial charge in [-0.15, -0.1) is 0 Å². The molecule has 0 radical (unpaired) electrons. The van der Waals surface area contributed by atoms with Crippen LogP contribution in [-0.2, 0) is 13.6 Å². The largest absolute Gasteiger partial charge is 0.309 e. The summed E-state index contributed by atoms with van der Waals surface area (Å²) in [7, 11) is 2.00. The number of hydrogen-bond donors (Lipinski definition) is 1. The second-order valence-corrected chi connectivity index (χ2v) is 5.67. The number of rotatable bonds is 3. The first-order chi connectivity index (χ1) is 8.09. The molecule has 1 aromatic heterocycles. The highest BCUT2D eigenvalue weighted by Gasteiger charge is 2.27. The monoisotopic (exact) mass is 235 g/mol. The summed E-state index contributed by atoms with van der Waals surface area (Å²) in [6.07, 6.45) is 6.12. The molecule has 1 saturated carbocycles. The van der Waals surface area contributed by atoms with Crippen LogP contribution in [0.15, 0.2) is 6.20 Å². The minimum atomic E-state index is 0.670. The van der Waals surface area contributed by atoms with Gasteiger partial charge < -0.3 is 5.32 Å². The second kappa shape index (κ2) is 5.21. The summed E-state index contributed by atoms with van der Waals surface area (Å²) in [5, 5.41) is 8.03. The molecule has 1 aliphatic rings. The maximum absolute atomic E-state index is 4.29. The molecule has 3 nitrogen and oxygen atoms in total. The molecule has 0 aliphatic heterocycles. The summed E-state index contributed by atoms with van der Waals surface area (Å²) >= 11 is 0. The Hall–Kier alpha value is -0.830. The summed E-state index contributed by atoms with van der Waals surface area (Å²) in [4.78, 5) is 0. The molecule has 96 valence electrons. The lowest BCUT2D eigenvalue weighted by Crippen LogP contribution is -2.42. The van der Waals surface area contributed by atoms with E-state index < -0.39 is 0 Å². The van der Waals surface area contributed by atoms with Crippen molar-refractivity contribution >= 4 is 0 Å². The Balaban J connectivity index is 1.95. The van der Waals surface area contributed by atoms with Crippen LogP contribution in [0, 0.1) is 18.8 Å². The van der Waals surface area contributed by atoms with Gasteiger partial charge in [0.15, 0.2) is 0 Å². The summed E-state index contributed by atoms with van der Waals surface area (Å²) in [6, 6.07) is 0.670. The fourth-order valence-electron chi connectivity index (χ4n) is 3.03. The van der Waals surface area contributed by atoms with Crippen molar-refractivity contribution < 1.29 is 0 Å². The molecule has 1 N–H and O–H groups in total. The molecule has 1 heterocycles. The van der Waals surface area contributed by atoms with Crippen molar-refractivity contribution in [3.63, 3.8) is 0 Å². The highest BCUT2D eigenvalue weighted by molar-refractivity contribution is 5.15. The van der Waals surface area contributed by atoms with Gasteiger partial charge in [0.1, 0.15) is 0 Å². The molecule has 0 bridgehead atoms. The van der Waals surface area contributed by atoms with Gasteiger partial charge in [0.25, 0.3) is 0 Å². The molecule has 1 aliphatic carbocycles. The minimum absolute atomic E-state index is 0.670. The zero-order valence-electron chi connectivity index (χ0n) is 11.5. The molecule has 17 heavy (non-hydrogen) atoms. The number of nitrogens with one attached hydrogen (secondary N) is 1. The normalized spacial score (nSPS) is 29.5. The van der Waals surface area contributed by atoms with Crippen molar-refractivity contribution in [2.45, 2.75) is 52.6 Å². The molecular weight excluding hydrogens is 210 g/mol. The summed E-state index contributed by atoms with van der Waals surface area (Å²) < 4.78 is 1.95. The van der Waals surface area contributed by atoms with Gasteiger partial charge in [0, 0.05) is 30.9 Å². The summed E-state index contributed by atoms with van der Waals surface area (Å²) in [5.74, 6) is 1.60. The van der Waals surface area contributed by atoms with Crippen LogP contribution in [0.5, 0.6) is 0 Å². The first-order valence-corrected chi connectivity index (χ1v) is 6.80. The molecule has 1 aromatic rings. The van der Waals surface area contributed by atoms with Crippen molar-refractivity contribution in [3.8, 4) is 0 Å². The Kier molecular flexibility index (Phi) is 3.87. The summed E-state index contributed by atoms with van der Waals surface area (Å²) in [6.45, 7) is 7.85. The van der Waals surface area contributed by atoms with Gasteiger partial charge in [-0.3, -0.25) is 4.68 Å². The van der Waals surface area contributed by atoms with E-state index in [1.165, 1.54) is 30.5 Å². The molecule has 3 heteroatoms. The predicted molar refractivity (Wildman–Crippen MR) is 70.8 cm³/mol. The van der Waals surface area contributed by atoms with E-state index in [1.807, 2.05) is 17.9 Å². The Labute approximate surface area is 105 Å². The van der Waals surface area contributed by atoms with Gasteiger partial charge in [0.2, 0.25) is 0 Å². The van der Waals surface area contributed by atoms with Gasteiger partial charge in [-0.05, 0) is 31.6 Å². The van der Waals surface area contributed by atoms with Gasteiger partial charge in [-0.1, -0.05) is 20.3 Å². The van der Waals surface area contributed by atoms with E-state index in [-0.39, 0.29) is 0 Å². The second-order valence-electron chi connectivity index (χ2n) is 5.67. The number of aromatic nitrogens is 2. The van der Waals surface area contributed by atoms with E-state index in [9.17, 15) is 0 Å². The third-order valence-corrected chi connectivity index (χ3v) is 4.41. The average Bonchev–Trinajstić information content (AvgIpc) is 2.60. The van der Waals surface area contributed by atoms with Crippen molar-refractivity contribution in [1.82, 2.24) is 15.1 Å². The van der Waals surface area contributed by atoms with Crippen LogP contribution in [0.25, 0.3) is 0 Å². The van der Waals surface area contributed by atoms with E-state index in [1.54, 1.807) is 0 Å². The van der Waals surface area contributed by atoms with E-state index in [0.717, 1.165) is 18.4 Å². The predicted octanol–water partition coefficient (Wildman–Crippen LogP) is 2.64. The highest BCUT2D eigenvalue weighted by atomic mass is 15.3. The van der Waals surface area contributed by atoms with E-state index >= 15 is 0 Å². The van der Waals surface area contributed by atoms with E-state index in [0.29, 0.717) is 6.04 Å². The highest BCUT2D eigenvalue weighted by Crippen LogP contribution is 2.29. The average molecular weight is 235 g/mol. The standard InChI is InChI=1S/C14H25N3/c1-10-6-5-7-11(2)14(10)15-8-13-9-16-17(4)12(13)3/h9-11,14-15H,5-8H2,1-4H3. The minimum Gasteiger partial charge on any atom is -0.309 e.